The Labute approximate surface area is 134 Å². The third kappa shape index (κ3) is 2.77. The molecule has 0 aliphatic rings. The number of para-hydroxylation sites is 3. The van der Waals surface area contributed by atoms with Crippen LogP contribution in [-0.4, -0.2) is 15.0 Å². The maximum Gasteiger partial charge on any atom is 0.329 e. The van der Waals surface area contributed by atoms with Gasteiger partial charge in [-0.3, -0.25) is 13.9 Å². The molecule has 0 aliphatic carbocycles. The molecule has 23 heavy (non-hydrogen) atoms. The van der Waals surface area contributed by atoms with E-state index in [0.717, 1.165) is 22.3 Å². The van der Waals surface area contributed by atoms with Gasteiger partial charge < -0.3 is 5.32 Å². The van der Waals surface area contributed by atoms with Crippen LogP contribution in [0.3, 0.4) is 0 Å². The zero-order valence-corrected chi connectivity index (χ0v) is 13.2. The van der Waals surface area contributed by atoms with Crippen LogP contribution in [0.1, 0.15) is 12.5 Å². The Balaban J connectivity index is 1.93. The van der Waals surface area contributed by atoms with Gasteiger partial charge >= 0.3 is 5.69 Å². The molecule has 2 aromatic carbocycles. The topological polar surface area (TPSA) is 56.0 Å². The first-order valence-electron chi connectivity index (χ1n) is 7.65. The largest absolute Gasteiger partial charge is 0.329 e. The molecule has 1 heterocycles. The summed E-state index contributed by atoms with van der Waals surface area (Å²) in [5.41, 5.74) is 3.23. The Morgan fingerprint density at radius 1 is 1.00 bits per heavy atom. The second-order valence-corrected chi connectivity index (χ2v) is 5.46. The number of hydrogen-bond donors (Lipinski definition) is 1. The molecule has 0 bridgehead atoms. The minimum absolute atomic E-state index is 0.000676. The van der Waals surface area contributed by atoms with Crippen molar-refractivity contribution in [3.05, 3.63) is 64.6 Å². The Morgan fingerprint density at radius 2 is 1.61 bits per heavy atom. The van der Waals surface area contributed by atoms with Crippen molar-refractivity contribution < 1.29 is 4.79 Å². The van der Waals surface area contributed by atoms with Crippen LogP contribution < -0.4 is 11.0 Å². The molecule has 3 aromatic rings. The molecule has 118 valence electrons. The van der Waals surface area contributed by atoms with Crippen LogP contribution in [0.25, 0.3) is 11.0 Å². The molecule has 1 N–H and O–H groups in total. The summed E-state index contributed by atoms with van der Waals surface area (Å²) in [5, 5.41) is 2.87. The number of benzene rings is 2. The summed E-state index contributed by atoms with van der Waals surface area (Å²) in [6.45, 7) is 4.43. The first-order valence-corrected chi connectivity index (χ1v) is 7.65. The lowest BCUT2D eigenvalue weighted by molar-refractivity contribution is -0.116. The summed E-state index contributed by atoms with van der Waals surface area (Å²) in [6.07, 6.45) is 0. The van der Waals surface area contributed by atoms with Crippen LogP contribution in [0.5, 0.6) is 0 Å². The molecular weight excluding hydrogens is 290 g/mol. The van der Waals surface area contributed by atoms with E-state index in [2.05, 4.69) is 5.32 Å². The SMILES string of the molecule is CCn1c(=O)n(CC(=O)Nc2ccccc2C)c2ccccc21. The van der Waals surface area contributed by atoms with Crippen molar-refractivity contribution in [2.75, 3.05) is 5.32 Å². The van der Waals surface area contributed by atoms with E-state index in [1.54, 1.807) is 4.57 Å². The Morgan fingerprint density at radius 3 is 2.26 bits per heavy atom. The molecule has 0 fully saturated rings. The van der Waals surface area contributed by atoms with Crippen LogP contribution in [0.2, 0.25) is 0 Å². The second-order valence-electron chi connectivity index (χ2n) is 5.46. The number of amides is 1. The lowest BCUT2D eigenvalue weighted by Crippen LogP contribution is -2.29. The molecule has 0 radical (unpaired) electrons. The van der Waals surface area contributed by atoms with Crippen LogP contribution in [0, 0.1) is 6.92 Å². The molecule has 5 nitrogen and oxygen atoms in total. The molecule has 0 atom stereocenters. The smallest absolute Gasteiger partial charge is 0.324 e. The number of anilines is 1. The summed E-state index contributed by atoms with van der Waals surface area (Å²) in [6, 6.07) is 15.1. The van der Waals surface area contributed by atoms with E-state index in [0.29, 0.717) is 6.54 Å². The molecular formula is C18H19N3O2. The molecule has 0 spiro atoms. The first kappa shape index (κ1) is 15.1. The number of aryl methyl sites for hydroxylation is 2. The van der Waals surface area contributed by atoms with Gasteiger partial charge in [0, 0.05) is 12.2 Å². The van der Waals surface area contributed by atoms with Gasteiger partial charge in [0.2, 0.25) is 5.91 Å². The average Bonchev–Trinajstić information content (AvgIpc) is 2.81. The Bertz CT molecular complexity index is 921. The lowest BCUT2D eigenvalue weighted by atomic mass is 10.2. The first-order chi connectivity index (χ1) is 11.1. The highest BCUT2D eigenvalue weighted by molar-refractivity contribution is 5.92. The van der Waals surface area contributed by atoms with Crippen molar-refractivity contribution in [1.29, 1.82) is 0 Å². The van der Waals surface area contributed by atoms with Gasteiger partial charge in [-0.2, -0.15) is 0 Å². The van der Waals surface area contributed by atoms with E-state index in [4.69, 9.17) is 0 Å². The lowest BCUT2D eigenvalue weighted by Gasteiger charge is -2.08. The molecule has 0 aliphatic heterocycles. The van der Waals surface area contributed by atoms with Gasteiger partial charge in [-0.15, -0.1) is 0 Å². The van der Waals surface area contributed by atoms with Crippen LogP contribution in [0.4, 0.5) is 5.69 Å². The van der Waals surface area contributed by atoms with Crippen LogP contribution >= 0.6 is 0 Å². The maximum absolute atomic E-state index is 12.5. The minimum Gasteiger partial charge on any atom is -0.324 e. The number of hydrogen-bond acceptors (Lipinski definition) is 2. The number of nitrogens with one attached hydrogen (secondary N) is 1. The predicted molar refractivity (Wildman–Crippen MR) is 91.7 cm³/mol. The van der Waals surface area contributed by atoms with E-state index < -0.39 is 0 Å². The quantitative estimate of drug-likeness (QED) is 0.805. The fourth-order valence-corrected chi connectivity index (χ4v) is 2.78. The van der Waals surface area contributed by atoms with Crippen LogP contribution in [0.15, 0.2) is 53.3 Å². The molecule has 3 rings (SSSR count). The Kier molecular flexibility index (Phi) is 4.02. The standard InChI is InChI=1S/C18H19N3O2/c1-3-20-15-10-6-7-11-16(15)21(18(20)23)12-17(22)19-14-9-5-4-8-13(14)2/h4-11H,3,12H2,1-2H3,(H,19,22). The van der Waals surface area contributed by atoms with Gasteiger partial charge in [-0.25, -0.2) is 4.79 Å². The van der Waals surface area contributed by atoms with Crippen molar-refractivity contribution in [2.24, 2.45) is 0 Å². The van der Waals surface area contributed by atoms with E-state index in [-0.39, 0.29) is 18.1 Å². The average molecular weight is 309 g/mol. The second kappa shape index (κ2) is 6.12. The zero-order valence-electron chi connectivity index (χ0n) is 13.2. The predicted octanol–water partition coefficient (Wildman–Crippen LogP) is 2.77. The number of rotatable bonds is 4. The Hall–Kier alpha value is -2.82. The fraction of sp³-hybridized carbons (Fsp3) is 0.222. The zero-order chi connectivity index (χ0) is 16.4. The monoisotopic (exact) mass is 309 g/mol. The summed E-state index contributed by atoms with van der Waals surface area (Å²) in [5.74, 6) is -0.208. The number of carbonyl (C=O) groups is 1. The van der Waals surface area contributed by atoms with E-state index in [1.165, 1.54) is 4.57 Å². The molecule has 0 unspecified atom stereocenters. The number of aromatic nitrogens is 2. The van der Waals surface area contributed by atoms with Gasteiger partial charge in [-0.05, 0) is 37.6 Å². The van der Waals surface area contributed by atoms with Gasteiger partial charge in [-0.1, -0.05) is 30.3 Å². The normalized spacial score (nSPS) is 10.9. The number of imidazole rings is 1. The van der Waals surface area contributed by atoms with E-state index >= 15 is 0 Å². The van der Waals surface area contributed by atoms with Gasteiger partial charge in [0.15, 0.2) is 0 Å². The van der Waals surface area contributed by atoms with Crippen molar-refractivity contribution in [3.63, 3.8) is 0 Å². The number of fused-ring (bicyclic) bond motifs is 1. The third-order valence-corrected chi connectivity index (χ3v) is 3.96. The van der Waals surface area contributed by atoms with E-state index in [1.807, 2.05) is 62.4 Å². The third-order valence-electron chi connectivity index (χ3n) is 3.96. The summed E-state index contributed by atoms with van der Waals surface area (Å²) in [7, 11) is 0. The summed E-state index contributed by atoms with van der Waals surface area (Å²) < 4.78 is 3.20. The number of carbonyl (C=O) groups excluding carboxylic acids is 1. The highest BCUT2D eigenvalue weighted by Gasteiger charge is 2.14. The van der Waals surface area contributed by atoms with Gasteiger partial charge in [0.25, 0.3) is 0 Å². The van der Waals surface area contributed by atoms with Crippen molar-refractivity contribution in [2.45, 2.75) is 26.9 Å². The minimum atomic E-state index is -0.208. The summed E-state index contributed by atoms with van der Waals surface area (Å²) in [4.78, 5) is 24.9. The van der Waals surface area contributed by atoms with Crippen molar-refractivity contribution >= 4 is 22.6 Å². The highest BCUT2D eigenvalue weighted by atomic mass is 16.2. The number of nitrogens with zero attached hydrogens (tertiary/aromatic N) is 2. The molecule has 1 amide bonds. The van der Waals surface area contributed by atoms with Gasteiger partial charge in [0.05, 0.1) is 11.0 Å². The molecule has 5 heteroatoms. The fourth-order valence-electron chi connectivity index (χ4n) is 2.78. The summed E-state index contributed by atoms with van der Waals surface area (Å²) >= 11 is 0. The molecule has 1 aromatic heterocycles. The molecule has 0 saturated carbocycles. The van der Waals surface area contributed by atoms with Crippen LogP contribution in [-0.2, 0) is 17.9 Å². The van der Waals surface area contributed by atoms with Crippen molar-refractivity contribution in [3.8, 4) is 0 Å². The van der Waals surface area contributed by atoms with E-state index in [9.17, 15) is 9.59 Å². The molecule has 0 saturated heterocycles. The van der Waals surface area contributed by atoms with Crippen molar-refractivity contribution in [1.82, 2.24) is 9.13 Å². The van der Waals surface area contributed by atoms with Gasteiger partial charge in [0.1, 0.15) is 6.54 Å². The highest BCUT2D eigenvalue weighted by Crippen LogP contribution is 2.15. The maximum atomic E-state index is 12.5.